The summed E-state index contributed by atoms with van der Waals surface area (Å²) in [5.41, 5.74) is 0. The van der Waals surface area contributed by atoms with E-state index in [0.717, 1.165) is 0 Å². The third-order valence-electron chi connectivity index (χ3n) is 1.55. The van der Waals surface area contributed by atoms with E-state index in [1.165, 1.54) is 14.2 Å². The van der Waals surface area contributed by atoms with Crippen LogP contribution in [0.5, 0.6) is 0 Å². The van der Waals surface area contributed by atoms with Crippen molar-refractivity contribution in [2.24, 2.45) is 5.92 Å². The molecule has 1 unspecified atom stereocenters. The van der Waals surface area contributed by atoms with Gasteiger partial charge < -0.3 is 14.6 Å². The summed E-state index contributed by atoms with van der Waals surface area (Å²) in [6.07, 6.45) is -4.64. The predicted octanol–water partition coefficient (Wildman–Crippen LogP) is 0.961. The van der Waals surface area contributed by atoms with Crippen LogP contribution in [0, 0.1) is 5.92 Å². The number of rotatable bonds is 6. The van der Waals surface area contributed by atoms with Crippen LogP contribution in [0.2, 0.25) is 0 Å². The van der Waals surface area contributed by atoms with Crippen LogP contribution < -0.4 is 0 Å². The van der Waals surface area contributed by atoms with E-state index in [-0.39, 0.29) is 0 Å². The normalized spacial score (nSPS) is 13.7. The van der Waals surface area contributed by atoms with Crippen LogP contribution >= 0.6 is 0 Å². The Balaban J connectivity index is 4.29. The highest BCUT2D eigenvalue weighted by Crippen LogP contribution is 2.20. The zero-order valence-electron chi connectivity index (χ0n) is 7.37. The first-order valence-corrected chi connectivity index (χ1v) is 3.58. The summed E-state index contributed by atoms with van der Waals surface area (Å²) in [6.45, 7) is 0. The zero-order valence-corrected chi connectivity index (χ0v) is 7.37. The van der Waals surface area contributed by atoms with Crippen molar-refractivity contribution < 1.29 is 28.2 Å². The van der Waals surface area contributed by atoms with Crippen molar-refractivity contribution in [2.75, 3.05) is 14.2 Å². The minimum atomic E-state index is -2.78. The van der Waals surface area contributed by atoms with E-state index >= 15 is 0 Å². The second-order valence-corrected chi connectivity index (χ2v) is 2.44. The first kappa shape index (κ1) is 12.2. The number of alkyl halides is 2. The lowest BCUT2D eigenvalue weighted by Crippen LogP contribution is -2.32. The molecule has 0 aliphatic carbocycles. The maximum absolute atomic E-state index is 12.3. The zero-order chi connectivity index (χ0) is 10.4. The lowest BCUT2D eigenvalue weighted by Gasteiger charge is -2.22. The number of halogens is 2. The lowest BCUT2D eigenvalue weighted by atomic mass is 10.1. The van der Waals surface area contributed by atoms with Gasteiger partial charge in [0.1, 0.15) is 0 Å². The molecule has 0 amide bonds. The van der Waals surface area contributed by atoms with Gasteiger partial charge in [-0.05, 0) is 0 Å². The molecule has 0 rings (SSSR count). The van der Waals surface area contributed by atoms with Gasteiger partial charge in [0.15, 0.2) is 6.29 Å². The van der Waals surface area contributed by atoms with Crippen molar-refractivity contribution in [2.45, 2.75) is 19.1 Å². The smallest absolute Gasteiger partial charge is 0.304 e. The molecule has 0 aromatic rings. The Hall–Kier alpha value is -0.750. The first-order valence-electron chi connectivity index (χ1n) is 3.58. The Kier molecular flexibility index (Phi) is 5.48. The highest BCUT2D eigenvalue weighted by atomic mass is 19.3. The van der Waals surface area contributed by atoms with E-state index in [2.05, 4.69) is 9.47 Å². The Morgan fingerprint density at radius 2 is 1.85 bits per heavy atom. The van der Waals surface area contributed by atoms with E-state index in [4.69, 9.17) is 5.11 Å². The first-order chi connectivity index (χ1) is 6.02. The largest absolute Gasteiger partial charge is 0.481 e. The van der Waals surface area contributed by atoms with Gasteiger partial charge in [0.05, 0.1) is 12.3 Å². The molecule has 6 heteroatoms. The molecule has 0 aliphatic rings. The number of aliphatic carboxylic acids is 1. The quantitative estimate of drug-likeness (QED) is 0.646. The van der Waals surface area contributed by atoms with Gasteiger partial charge in [0.25, 0.3) is 0 Å². The average molecular weight is 198 g/mol. The van der Waals surface area contributed by atoms with E-state index in [1.54, 1.807) is 0 Å². The number of methoxy groups -OCH3 is 2. The van der Waals surface area contributed by atoms with Crippen LogP contribution in [0.3, 0.4) is 0 Å². The predicted molar refractivity (Wildman–Crippen MR) is 39.6 cm³/mol. The number of hydrogen-bond acceptors (Lipinski definition) is 3. The van der Waals surface area contributed by atoms with Crippen molar-refractivity contribution in [3.63, 3.8) is 0 Å². The standard InChI is InChI=1S/C7H12F2O4/c1-12-7(13-2)4(6(8)9)3-5(10)11/h4,6-7H,3H2,1-2H3,(H,10,11). The topological polar surface area (TPSA) is 55.8 Å². The van der Waals surface area contributed by atoms with Crippen LogP contribution in [-0.4, -0.2) is 38.0 Å². The fourth-order valence-electron chi connectivity index (χ4n) is 0.952. The highest BCUT2D eigenvalue weighted by molar-refractivity contribution is 5.67. The van der Waals surface area contributed by atoms with Gasteiger partial charge in [0.2, 0.25) is 6.43 Å². The number of ether oxygens (including phenoxy) is 2. The minimum Gasteiger partial charge on any atom is -0.481 e. The van der Waals surface area contributed by atoms with E-state index < -0.39 is 31.0 Å². The summed E-state index contributed by atoms with van der Waals surface area (Å²) in [4.78, 5) is 10.2. The van der Waals surface area contributed by atoms with Crippen molar-refractivity contribution >= 4 is 5.97 Å². The molecule has 1 atom stereocenters. The molecule has 0 aliphatic heterocycles. The molecule has 0 aromatic carbocycles. The molecule has 0 bridgehead atoms. The van der Waals surface area contributed by atoms with Crippen molar-refractivity contribution in [3.8, 4) is 0 Å². The lowest BCUT2D eigenvalue weighted by molar-refractivity contribution is -0.177. The monoisotopic (exact) mass is 198 g/mol. The summed E-state index contributed by atoms with van der Waals surface area (Å²) in [5, 5.41) is 8.33. The van der Waals surface area contributed by atoms with Crippen LogP contribution in [0.15, 0.2) is 0 Å². The van der Waals surface area contributed by atoms with Crippen LogP contribution in [0.25, 0.3) is 0 Å². The van der Waals surface area contributed by atoms with Gasteiger partial charge in [-0.15, -0.1) is 0 Å². The molecule has 0 saturated heterocycles. The number of carboxylic acids is 1. The highest BCUT2D eigenvalue weighted by Gasteiger charge is 2.32. The number of carbonyl (C=O) groups is 1. The summed E-state index contributed by atoms with van der Waals surface area (Å²) in [6, 6.07) is 0. The third-order valence-corrected chi connectivity index (χ3v) is 1.55. The fraction of sp³-hybridized carbons (Fsp3) is 0.857. The van der Waals surface area contributed by atoms with E-state index in [9.17, 15) is 13.6 Å². The van der Waals surface area contributed by atoms with E-state index in [1.807, 2.05) is 0 Å². The molecular formula is C7H12F2O4. The van der Waals surface area contributed by atoms with Gasteiger partial charge in [0, 0.05) is 14.2 Å². The Morgan fingerprint density at radius 3 is 2.08 bits per heavy atom. The molecule has 4 nitrogen and oxygen atoms in total. The van der Waals surface area contributed by atoms with Gasteiger partial charge >= 0.3 is 5.97 Å². The van der Waals surface area contributed by atoms with Crippen LogP contribution in [0.1, 0.15) is 6.42 Å². The van der Waals surface area contributed by atoms with E-state index in [0.29, 0.717) is 0 Å². The molecular weight excluding hydrogens is 186 g/mol. The van der Waals surface area contributed by atoms with Gasteiger partial charge in [-0.1, -0.05) is 0 Å². The number of carboxylic acid groups (broad SMARTS) is 1. The second kappa shape index (κ2) is 5.82. The van der Waals surface area contributed by atoms with Gasteiger partial charge in [-0.2, -0.15) is 0 Å². The SMILES string of the molecule is COC(OC)C(CC(=O)O)C(F)F. The maximum Gasteiger partial charge on any atom is 0.304 e. The summed E-state index contributed by atoms with van der Waals surface area (Å²) < 4.78 is 33.6. The van der Waals surface area contributed by atoms with Crippen molar-refractivity contribution in [1.82, 2.24) is 0 Å². The molecule has 1 N–H and O–H groups in total. The molecule has 0 spiro atoms. The molecule has 0 fully saturated rings. The summed E-state index contributed by atoms with van der Waals surface area (Å²) in [5.74, 6) is -2.74. The van der Waals surface area contributed by atoms with Gasteiger partial charge in [-0.3, -0.25) is 4.79 Å². The minimum absolute atomic E-state index is 0.677. The number of hydrogen-bond donors (Lipinski definition) is 1. The Bertz CT molecular complexity index is 159. The van der Waals surface area contributed by atoms with Crippen LogP contribution in [-0.2, 0) is 14.3 Å². The maximum atomic E-state index is 12.3. The molecule has 0 heterocycles. The Morgan fingerprint density at radius 1 is 1.38 bits per heavy atom. The Labute approximate surface area is 74.4 Å². The third kappa shape index (κ3) is 4.14. The second-order valence-electron chi connectivity index (χ2n) is 2.44. The molecule has 0 aromatic heterocycles. The molecule has 0 radical (unpaired) electrons. The molecule has 78 valence electrons. The van der Waals surface area contributed by atoms with Crippen LogP contribution in [0.4, 0.5) is 8.78 Å². The summed E-state index contributed by atoms with van der Waals surface area (Å²) in [7, 11) is 2.37. The summed E-state index contributed by atoms with van der Waals surface area (Å²) >= 11 is 0. The van der Waals surface area contributed by atoms with Crippen molar-refractivity contribution in [3.05, 3.63) is 0 Å². The molecule has 13 heavy (non-hydrogen) atoms. The molecule has 0 saturated carbocycles. The fourth-order valence-corrected chi connectivity index (χ4v) is 0.952. The average Bonchev–Trinajstić information content (AvgIpc) is 2.04. The van der Waals surface area contributed by atoms with Crippen molar-refractivity contribution in [1.29, 1.82) is 0 Å². The van der Waals surface area contributed by atoms with Gasteiger partial charge in [-0.25, -0.2) is 8.78 Å².